The molecule has 2 atom stereocenters. The lowest BCUT2D eigenvalue weighted by atomic mass is 9.66. The number of pyridine rings is 1. The first-order valence-electron chi connectivity index (χ1n) is 13.7. The molecule has 3 aliphatic carbocycles. The molecular formula is C37H25N3. The van der Waals surface area contributed by atoms with Crippen molar-refractivity contribution in [3.8, 4) is 33.8 Å². The van der Waals surface area contributed by atoms with Gasteiger partial charge in [-0.2, -0.15) is 0 Å². The molecule has 2 unspecified atom stereocenters. The van der Waals surface area contributed by atoms with Gasteiger partial charge in [-0.05, 0) is 51.6 Å². The Bertz CT molecular complexity index is 1900. The number of allylic oxidation sites excluding steroid dienone is 6. The standard InChI is InChI=1S/C37H25N3/c1-2-7-24(8-3-1)33-22-34(40-37(39-33)29-12-5-11-28(21-29)30-13-6-20-38-23-30)31-18-16-27-15-14-25-9-4-10-26-17-19-32(31)36(27)35(25)26/h1-23,32,36H. The first kappa shape index (κ1) is 22.8. The lowest BCUT2D eigenvalue weighted by molar-refractivity contribution is 0.678. The first-order chi connectivity index (χ1) is 19.8. The zero-order valence-electron chi connectivity index (χ0n) is 21.8. The van der Waals surface area contributed by atoms with Crippen LogP contribution in [0.2, 0.25) is 0 Å². The number of aromatic nitrogens is 3. The minimum Gasteiger partial charge on any atom is -0.264 e. The zero-order chi connectivity index (χ0) is 26.5. The summed E-state index contributed by atoms with van der Waals surface area (Å²) < 4.78 is 0. The van der Waals surface area contributed by atoms with Crippen molar-refractivity contribution in [3.05, 3.63) is 156 Å². The molecule has 3 aromatic carbocycles. The molecule has 0 saturated heterocycles. The second kappa shape index (κ2) is 9.25. The average molecular weight is 512 g/mol. The quantitative estimate of drug-likeness (QED) is 0.242. The highest BCUT2D eigenvalue weighted by atomic mass is 14.9. The molecule has 3 nitrogen and oxygen atoms in total. The van der Waals surface area contributed by atoms with E-state index in [1.807, 2.05) is 18.3 Å². The fraction of sp³-hybridized carbons (Fsp3) is 0.0541. The van der Waals surface area contributed by atoms with Crippen molar-refractivity contribution in [2.75, 3.05) is 0 Å². The van der Waals surface area contributed by atoms with Gasteiger partial charge in [0.25, 0.3) is 0 Å². The zero-order valence-corrected chi connectivity index (χ0v) is 21.8. The molecule has 8 rings (SSSR count). The molecule has 0 amide bonds. The summed E-state index contributed by atoms with van der Waals surface area (Å²) >= 11 is 0. The molecule has 2 aromatic heterocycles. The number of rotatable bonds is 4. The topological polar surface area (TPSA) is 38.7 Å². The van der Waals surface area contributed by atoms with Gasteiger partial charge in [0.15, 0.2) is 5.82 Å². The van der Waals surface area contributed by atoms with Crippen LogP contribution in [0, 0.1) is 5.92 Å². The molecule has 0 radical (unpaired) electrons. The van der Waals surface area contributed by atoms with Crippen molar-refractivity contribution < 1.29 is 0 Å². The molecule has 0 aliphatic heterocycles. The molecule has 0 spiro atoms. The van der Waals surface area contributed by atoms with Crippen LogP contribution >= 0.6 is 0 Å². The normalized spacial score (nSPS) is 18.1. The van der Waals surface area contributed by atoms with E-state index in [-0.39, 0.29) is 5.92 Å². The van der Waals surface area contributed by atoms with Gasteiger partial charge in [0, 0.05) is 40.9 Å². The molecular weight excluding hydrogens is 486 g/mol. The lowest BCUT2D eigenvalue weighted by Crippen LogP contribution is -2.23. The van der Waals surface area contributed by atoms with Gasteiger partial charge in [0.1, 0.15) is 0 Å². The second-order valence-electron chi connectivity index (χ2n) is 10.5. The summed E-state index contributed by atoms with van der Waals surface area (Å²) in [5, 5.41) is 0. The number of benzene rings is 3. The fourth-order valence-corrected chi connectivity index (χ4v) is 6.26. The molecule has 5 aromatic rings. The van der Waals surface area contributed by atoms with Gasteiger partial charge >= 0.3 is 0 Å². The lowest BCUT2D eigenvalue weighted by Gasteiger charge is -2.37. The van der Waals surface area contributed by atoms with Crippen molar-refractivity contribution in [1.82, 2.24) is 15.0 Å². The smallest absolute Gasteiger partial charge is 0.160 e. The van der Waals surface area contributed by atoms with Gasteiger partial charge in [-0.25, -0.2) is 9.97 Å². The third kappa shape index (κ3) is 3.78. The predicted octanol–water partition coefficient (Wildman–Crippen LogP) is 8.65. The molecule has 0 N–H and O–H groups in total. The highest BCUT2D eigenvalue weighted by molar-refractivity contribution is 5.83. The third-order valence-electron chi connectivity index (χ3n) is 8.16. The van der Waals surface area contributed by atoms with Crippen LogP contribution in [0.25, 0.3) is 51.5 Å². The molecule has 0 fully saturated rings. The molecule has 40 heavy (non-hydrogen) atoms. The van der Waals surface area contributed by atoms with Crippen LogP contribution in [0.4, 0.5) is 0 Å². The molecule has 0 bridgehead atoms. The van der Waals surface area contributed by atoms with Crippen LogP contribution in [0.3, 0.4) is 0 Å². The van der Waals surface area contributed by atoms with Crippen molar-refractivity contribution in [2.45, 2.75) is 5.92 Å². The Hall–Kier alpha value is -5.15. The Kier molecular flexibility index (Phi) is 5.27. The van der Waals surface area contributed by atoms with E-state index in [0.29, 0.717) is 5.92 Å². The van der Waals surface area contributed by atoms with Crippen LogP contribution in [0.5, 0.6) is 0 Å². The minimum atomic E-state index is 0.215. The van der Waals surface area contributed by atoms with E-state index in [1.165, 1.54) is 27.8 Å². The van der Waals surface area contributed by atoms with Crippen LogP contribution in [-0.4, -0.2) is 15.0 Å². The van der Waals surface area contributed by atoms with E-state index >= 15 is 0 Å². The van der Waals surface area contributed by atoms with Crippen LogP contribution < -0.4 is 0 Å². The molecule has 2 heterocycles. The van der Waals surface area contributed by atoms with Crippen molar-refractivity contribution >= 4 is 17.7 Å². The summed E-state index contributed by atoms with van der Waals surface area (Å²) in [6, 6.07) is 31.6. The number of nitrogens with zero attached hydrogens (tertiary/aromatic N) is 3. The first-order valence-corrected chi connectivity index (χ1v) is 13.7. The molecule has 0 saturated carbocycles. The summed E-state index contributed by atoms with van der Waals surface area (Å²) in [5.41, 5.74) is 12.8. The van der Waals surface area contributed by atoms with E-state index in [1.54, 1.807) is 6.20 Å². The van der Waals surface area contributed by atoms with Crippen LogP contribution in [0.15, 0.2) is 133 Å². The summed E-state index contributed by atoms with van der Waals surface area (Å²) in [6.45, 7) is 0. The second-order valence-corrected chi connectivity index (χ2v) is 10.5. The maximum atomic E-state index is 5.22. The van der Waals surface area contributed by atoms with Gasteiger partial charge in [-0.3, -0.25) is 4.98 Å². The van der Waals surface area contributed by atoms with E-state index in [2.05, 4.69) is 120 Å². The van der Waals surface area contributed by atoms with E-state index in [9.17, 15) is 0 Å². The Morgan fingerprint density at radius 3 is 2.23 bits per heavy atom. The summed E-state index contributed by atoms with van der Waals surface area (Å²) in [4.78, 5) is 14.6. The van der Waals surface area contributed by atoms with Crippen molar-refractivity contribution in [2.24, 2.45) is 5.92 Å². The number of hydrogen-bond donors (Lipinski definition) is 0. The highest BCUT2D eigenvalue weighted by Gasteiger charge is 2.36. The van der Waals surface area contributed by atoms with Crippen LogP contribution in [0.1, 0.15) is 28.3 Å². The van der Waals surface area contributed by atoms with E-state index in [4.69, 9.17) is 9.97 Å². The summed E-state index contributed by atoms with van der Waals surface area (Å²) in [6.07, 6.45) is 17.4. The van der Waals surface area contributed by atoms with Crippen molar-refractivity contribution in [1.29, 1.82) is 0 Å². The van der Waals surface area contributed by atoms with Gasteiger partial charge in [-0.15, -0.1) is 0 Å². The molecule has 188 valence electrons. The number of hydrogen-bond acceptors (Lipinski definition) is 3. The Balaban J connectivity index is 1.29. The Morgan fingerprint density at radius 1 is 0.575 bits per heavy atom. The third-order valence-corrected chi connectivity index (χ3v) is 8.16. The SMILES string of the molecule is C1=Cc2cccc3c2C2C1=CC=C(c1cc(-c4ccccc4)nc(-c4cccc(-c5cccnc5)c4)n1)C2C=C3. The Morgan fingerprint density at radius 2 is 1.35 bits per heavy atom. The highest BCUT2D eigenvalue weighted by Crippen LogP contribution is 2.51. The van der Waals surface area contributed by atoms with Gasteiger partial charge < -0.3 is 0 Å². The average Bonchev–Trinajstić information content (AvgIpc) is 3.04. The van der Waals surface area contributed by atoms with Crippen molar-refractivity contribution in [3.63, 3.8) is 0 Å². The van der Waals surface area contributed by atoms with E-state index in [0.717, 1.165) is 39.5 Å². The largest absolute Gasteiger partial charge is 0.264 e. The monoisotopic (exact) mass is 511 g/mol. The van der Waals surface area contributed by atoms with E-state index < -0.39 is 0 Å². The minimum absolute atomic E-state index is 0.215. The van der Waals surface area contributed by atoms with Gasteiger partial charge in [-0.1, -0.05) is 109 Å². The summed E-state index contributed by atoms with van der Waals surface area (Å²) in [5.74, 6) is 1.24. The summed E-state index contributed by atoms with van der Waals surface area (Å²) in [7, 11) is 0. The molecule has 3 aliphatic rings. The maximum absolute atomic E-state index is 5.22. The van der Waals surface area contributed by atoms with Gasteiger partial charge in [0.05, 0.1) is 11.4 Å². The molecule has 3 heteroatoms. The predicted molar refractivity (Wildman–Crippen MR) is 163 cm³/mol. The van der Waals surface area contributed by atoms with Gasteiger partial charge in [0.2, 0.25) is 0 Å². The Labute approximate surface area is 233 Å². The fourth-order valence-electron chi connectivity index (χ4n) is 6.26. The van der Waals surface area contributed by atoms with Crippen LogP contribution in [-0.2, 0) is 0 Å². The maximum Gasteiger partial charge on any atom is 0.160 e.